The summed E-state index contributed by atoms with van der Waals surface area (Å²) in [7, 11) is 0. The molecule has 1 aliphatic rings. The average molecular weight is 175 g/mol. The van der Waals surface area contributed by atoms with Gasteiger partial charge in [0.15, 0.2) is 0 Å². The van der Waals surface area contributed by atoms with Crippen LogP contribution in [0, 0.1) is 5.92 Å². The van der Waals surface area contributed by atoms with Gasteiger partial charge in [-0.3, -0.25) is 0 Å². The lowest BCUT2D eigenvalue weighted by molar-refractivity contribution is 0.129. The minimum absolute atomic E-state index is 0.726. The predicted octanol–water partition coefficient (Wildman–Crippen LogP) is 1.80. The summed E-state index contributed by atoms with van der Waals surface area (Å²) >= 11 is 2.08. The highest BCUT2D eigenvalue weighted by Crippen LogP contribution is 2.25. The van der Waals surface area contributed by atoms with Gasteiger partial charge in [-0.05, 0) is 43.1 Å². The molecule has 1 aliphatic heterocycles. The van der Waals surface area contributed by atoms with Gasteiger partial charge >= 0.3 is 0 Å². The molecule has 0 aromatic rings. The maximum absolute atomic E-state index is 4.94. The van der Waals surface area contributed by atoms with Crippen molar-refractivity contribution < 1.29 is 4.84 Å². The Hall–Kier alpha value is 0.270. The Balaban J connectivity index is 1.96. The molecule has 0 aromatic carbocycles. The molecule has 1 fully saturated rings. The van der Waals surface area contributed by atoms with Crippen LogP contribution in [0.4, 0.5) is 0 Å². The van der Waals surface area contributed by atoms with Gasteiger partial charge in [0.05, 0.1) is 6.61 Å². The van der Waals surface area contributed by atoms with Crippen molar-refractivity contribution in [1.82, 2.24) is 0 Å². The fourth-order valence-electron chi connectivity index (χ4n) is 1.49. The molecule has 0 radical (unpaired) electrons. The molecule has 1 heterocycles. The van der Waals surface area contributed by atoms with Crippen molar-refractivity contribution in [2.24, 2.45) is 11.8 Å². The summed E-state index contributed by atoms with van der Waals surface area (Å²) in [6, 6.07) is 0. The first-order chi connectivity index (χ1) is 5.43. The van der Waals surface area contributed by atoms with Crippen LogP contribution in [0.2, 0.25) is 0 Å². The highest BCUT2D eigenvalue weighted by Gasteiger charge is 2.12. The Morgan fingerprint density at radius 3 is 2.73 bits per heavy atom. The summed E-state index contributed by atoms with van der Waals surface area (Å²) in [4.78, 5) is 4.53. The summed E-state index contributed by atoms with van der Waals surface area (Å²) in [5, 5.41) is 0. The first kappa shape index (κ1) is 9.36. The SMILES string of the molecule is NOCCCC1CCSCC1. The van der Waals surface area contributed by atoms with E-state index in [-0.39, 0.29) is 0 Å². The van der Waals surface area contributed by atoms with E-state index in [1.54, 1.807) is 0 Å². The fraction of sp³-hybridized carbons (Fsp3) is 1.00. The van der Waals surface area contributed by atoms with Crippen molar-refractivity contribution >= 4 is 11.8 Å². The second-order valence-corrected chi connectivity index (χ2v) is 4.29. The summed E-state index contributed by atoms with van der Waals surface area (Å²) in [5.74, 6) is 8.60. The third-order valence-electron chi connectivity index (χ3n) is 2.22. The smallest absolute Gasteiger partial charge is 0.0679 e. The molecule has 0 amide bonds. The molecule has 0 saturated carbocycles. The Morgan fingerprint density at radius 2 is 2.09 bits per heavy atom. The van der Waals surface area contributed by atoms with Crippen LogP contribution < -0.4 is 5.90 Å². The molecular weight excluding hydrogens is 158 g/mol. The lowest BCUT2D eigenvalue weighted by Gasteiger charge is -2.20. The maximum atomic E-state index is 4.94. The number of thioether (sulfide) groups is 1. The van der Waals surface area contributed by atoms with Gasteiger partial charge in [0.2, 0.25) is 0 Å². The molecule has 2 nitrogen and oxygen atoms in total. The number of rotatable bonds is 4. The second kappa shape index (κ2) is 5.86. The van der Waals surface area contributed by atoms with E-state index in [0.29, 0.717) is 0 Å². The molecule has 66 valence electrons. The maximum Gasteiger partial charge on any atom is 0.0679 e. The van der Waals surface area contributed by atoms with Gasteiger partial charge in [-0.25, -0.2) is 5.90 Å². The van der Waals surface area contributed by atoms with Gasteiger partial charge in [-0.1, -0.05) is 0 Å². The monoisotopic (exact) mass is 175 g/mol. The van der Waals surface area contributed by atoms with Crippen molar-refractivity contribution in [3.05, 3.63) is 0 Å². The third kappa shape index (κ3) is 3.99. The number of hydrogen-bond acceptors (Lipinski definition) is 3. The van der Waals surface area contributed by atoms with Crippen LogP contribution in [-0.4, -0.2) is 18.1 Å². The van der Waals surface area contributed by atoms with Crippen molar-refractivity contribution in [3.63, 3.8) is 0 Å². The van der Waals surface area contributed by atoms with Crippen molar-refractivity contribution in [3.8, 4) is 0 Å². The minimum atomic E-state index is 0.726. The van der Waals surface area contributed by atoms with Gasteiger partial charge < -0.3 is 4.84 Å². The highest BCUT2D eigenvalue weighted by molar-refractivity contribution is 7.99. The van der Waals surface area contributed by atoms with Crippen LogP contribution in [0.5, 0.6) is 0 Å². The van der Waals surface area contributed by atoms with E-state index in [4.69, 9.17) is 5.90 Å². The van der Waals surface area contributed by atoms with Crippen molar-refractivity contribution in [1.29, 1.82) is 0 Å². The van der Waals surface area contributed by atoms with Gasteiger partial charge in [0, 0.05) is 0 Å². The molecule has 11 heavy (non-hydrogen) atoms. The van der Waals surface area contributed by atoms with Crippen LogP contribution in [0.1, 0.15) is 25.7 Å². The molecule has 0 spiro atoms. The lowest BCUT2D eigenvalue weighted by Crippen LogP contribution is -2.11. The Bertz CT molecular complexity index is 94.1. The molecule has 3 heteroatoms. The van der Waals surface area contributed by atoms with E-state index in [9.17, 15) is 0 Å². The van der Waals surface area contributed by atoms with Gasteiger partial charge in [0.1, 0.15) is 0 Å². The van der Waals surface area contributed by atoms with Crippen LogP contribution in [0.15, 0.2) is 0 Å². The Kier molecular flexibility index (Phi) is 4.99. The van der Waals surface area contributed by atoms with E-state index in [1.165, 1.54) is 30.8 Å². The first-order valence-corrected chi connectivity index (χ1v) is 5.48. The normalized spacial score (nSPS) is 20.5. The van der Waals surface area contributed by atoms with E-state index in [1.807, 2.05) is 0 Å². The molecule has 0 unspecified atom stereocenters. The Morgan fingerprint density at radius 1 is 1.36 bits per heavy atom. The zero-order valence-electron chi connectivity index (χ0n) is 6.92. The van der Waals surface area contributed by atoms with Crippen LogP contribution in [0.25, 0.3) is 0 Å². The van der Waals surface area contributed by atoms with Crippen LogP contribution in [-0.2, 0) is 4.84 Å². The summed E-state index contributed by atoms with van der Waals surface area (Å²) in [6.07, 6.45) is 5.23. The summed E-state index contributed by atoms with van der Waals surface area (Å²) in [5.41, 5.74) is 0. The zero-order valence-corrected chi connectivity index (χ0v) is 7.74. The first-order valence-electron chi connectivity index (χ1n) is 4.33. The van der Waals surface area contributed by atoms with Gasteiger partial charge in [-0.15, -0.1) is 0 Å². The predicted molar refractivity (Wildman–Crippen MR) is 49.4 cm³/mol. The molecule has 0 atom stereocenters. The fourth-order valence-corrected chi connectivity index (χ4v) is 2.69. The molecule has 2 N–H and O–H groups in total. The van der Waals surface area contributed by atoms with Crippen LogP contribution >= 0.6 is 11.8 Å². The van der Waals surface area contributed by atoms with Gasteiger partial charge in [0.25, 0.3) is 0 Å². The lowest BCUT2D eigenvalue weighted by atomic mass is 9.97. The molecule has 0 aliphatic carbocycles. The molecule has 0 aromatic heterocycles. The largest absolute Gasteiger partial charge is 0.305 e. The minimum Gasteiger partial charge on any atom is -0.305 e. The van der Waals surface area contributed by atoms with E-state index in [0.717, 1.165) is 18.9 Å². The number of hydrogen-bond donors (Lipinski definition) is 1. The standard InChI is InChI=1S/C8H17NOS/c9-10-5-1-2-8-3-6-11-7-4-8/h8H,1-7,9H2. The van der Waals surface area contributed by atoms with E-state index in [2.05, 4.69) is 16.6 Å². The van der Waals surface area contributed by atoms with Crippen molar-refractivity contribution in [2.75, 3.05) is 18.1 Å². The van der Waals surface area contributed by atoms with Crippen molar-refractivity contribution in [2.45, 2.75) is 25.7 Å². The molecule has 0 bridgehead atoms. The average Bonchev–Trinajstić information content (AvgIpc) is 2.07. The topological polar surface area (TPSA) is 35.2 Å². The third-order valence-corrected chi connectivity index (χ3v) is 3.26. The van der Waals surface area contributed by atoms with Crippen LogP contribution in [0.3, 0.4) is 0 Å². The quantitative estimate of drug-likeness (QED) is 0.522. The van der Waals surface area contributed by atoms with E-state index >= 15 is 0 Å². The second-order valence-electron chi connectivity index (χ2n) is 3.07. The Labute approximate surface area is 72.8 Å². The van der Waals surface area contributed by atoms with E-state index < -0.39 is 0 Å². The molecule has 1 saturated heterocycles. The highest BCUT2D eigenvalue weighted by atomic mass is 32.2. The summed E-state index contributed by atoms with van der Waals surface area (Å²) in [6.45, 7) is 0.726. The molecule has 1 rings (SSSR count). The molecular formula is C8H17NOS. The van der Waals surface area contributed by atoms with Gasteiger partial charge in [-0.2, -0.15) is 11.8 Å². The number of nitrogens with two attached hydrogens (primary N) is 1. The zero-order chi connectivity index (χ0) is 7.94. The summed E-state index contributed by atoms with van der Waals surface area (Å²) < 4.78 is 0.